The van der Waals surface area contributed by atoms with E-state index in [-0.39, 0.29) is 4.90 Å². The van der Waals surface area contributed by atoms with E-state index >= 15 is 0 Å². The lowest BCUT2D eigenvalue weighted by Crippen LogP contribution is -2.05. The molecule has 0 saturated heterocycles. The van der Waals surface area contributed by atoms with Crippen LogP contribution in [0.3, 0.4) is 0 Å². The quantitative estimate of drug-likeness (QED) is 0.646. The Labute approximate surface area is 116 Å². The molecule has 0 spiro atoms. The molecular weight excluding hydrogens is 286 g/mol. The first-order chi connectivity index (χ1) is 9.08. The molecule has 0 atom stereocenters. The van der Waals surface area contributed by atoms with Gasteiger partial charge in [0.15, 0.2) is 0 Å². The molecule has 2 aromatic rings. The zero-order valence-corrected chi connectivity index (χ0v) is 11.3. The number of benzene rings is 2. The smallest absolute Gasteiger partial charge is 0.303 e. The summed E-state index contributed by atoms with van der Waals surface area (Å²) in [4.78, 5) is 0.0600. The minimum Gasteiger partial charge on any atom is -0.429 e. The first-order valence-electron chi connectivity index (χ1n) is 5.36. The van der Waals surface area contributed by atoms with Gasteiger partial charge in [0.05, 0.1) is 4.90 Å². The molecule has 0 radical (unpaired) electrons. The fourth-order valence-corrected chi connectivity index (χ4v) is 2.54. The van der Waals surface area contributed by atoms with Crippen molar-refractivity contribution in [2.75, 3.05) is 0 Å². The molecule has 0 amide bonds. The summed E-state index contributed by atoms with van der Waals surface area (Å²) in [5, 5.41) is -0.449. The SMILES string of the molecule is O=S(=O)(N=C(Cl)Oc1ccccc1)c1ccccc1. The molecule has 2 rings (SSSR count). The highest BCUT2D eigenvalue weighted by Gasteiger charge is 2.14. The molecule has 0 aromatic heterocycles. The van der Waals surface area contributed by atoms with Gasteiger partial charge in [0.25, 0.3) is 10.0 Å². The molecule has 0 heterocycles. The molecule has 19 heavy (non-hydrogen) atoms. The van der Waals surface area contributed by atoms with Gasteiger partial charge < -0.3 is 4.74 Å². The standard InChI is InChI=1S/C13H10ClNO3S/c14-13(18-11-7-3-1-4-8-11)15-19(16,17)12-9-5-2-6-10-12/h1-10H. The van der Waals surface area contributed by atoms with Crippen molar-refractivity contribution in [2.45, 2.75) is 4.90 Å². The summed E-state index contributed by atoms with van der Waals surface area (Å²) in [5.74, 6) is 0.416. The molecule has 0 saturated carbocycles. The summed E-state index contributed by atoms with van der Waals surface area (Å²) < 4.78 is 32.3. The van der Waals surface area contributed by atoms with Gasteiger partial charge in [-0.1, -0.05) is 36.4 Å². The number of para-hydroxylation sites is 1. The van der Waals surface area contributed by atoms with Crippen LogP contribution in [0.4, 0.5) is 0 Å². The summed E-state index contributed by atoms with van der Waals surface area (Å²) >= 11 is 5.70. The molecule has 6 heteroatoms. The van der Waals surface area contributed by atoms with E-state index in [1.165, 1.54) is 12.1 Å². The molecular formula is C13H10ClNO3S. The number of nitrogens with zero attached hydrogens (tertiary/aromatic N) is 1. The van der Waals surface area contributed by atoms with Crippen LogP contribution in [0, 0.1) is 0 Å². The Hall–Kier alpha value is -1.85. The zero-order chi connectivity index (χ0) is 13.7. The Balaban J connectivity index is 2.21. The minimum atomic E-state index is -3.85. The van der Waals surface area contributed by atoms with Gasteiger partial charge in [0.2, 0.25) is 0 Å². The molecule has 0 aliphatic rings. The summed E-state index contributed by atoms with van der Waals surface area (Å²) in [6, 6.07) is 16.4. The number of rotatable bonds is 3. The van der Waals surface area contributed by atoms with E-state index in [0.717, 1.165) is 0 Å². The second kappa shape index (κ2) is 5.86. The molecule has 0 N–H and O–H groups in total. The van der Waals surface area contributed by atoms with Crippen LogP contribution in [0.2, 0.25) is 0 Å². The highest BCUT2D eigenvalue weighted by molar-refractivity contribution is 7.90. The number of hydrogen-bond donors (Lipinski definition) is 0. The lowest BCUT2D eigenvalue weighted by atomic mass is 10.3. The van der Waals surface area contributed by atoms with Gasteiger partial charge in [0, 0.05) is 0 Å². The van der Waals surface area contributed by atoms with Gasteiger partial charge in [0.1, 0.15) is 5.75 Å². The predicted molar refractivity (Wildman–Crippen MR) is 74.0 cm³/mol. The molecule has 98 valence electrons. The van der Waals surface area contributed by atoms with Crippen LogP contribution in [-0.2, 0) is 10.0 Å². The molecule has 0 bridgehead atoms. The molecule has 4 nitrogen and oxygen atoms in total. The van der Waals surface area contributed by atoms with E-state index < -0.39 is 15.4 Å². The minimum absolute atomic E-state index is 0.0600. The molecule has 0 unspecified atom stereocenters. The number of ether oxygens (including phenoxy) is 1. The van der Waals surface area contributed by atoms with Crippen molar-refractivity contribution in [1.29, 1.82) is 0 Å². The third-order valence-corrected chi connectivity index (χ3v) is 3.71. The second-order valence-electron chi connectivity index (χ2n) is 3.55. The highest BCUT2D eigenvalue weighted by atomic mass is 35.5. The van der Waals surface area contributed by atoms with Crippen molar-refractivity contribution in [3.05, 3.63) is 60.7 Å². The van der Waals surface area contributed by atoms with E-state index in [9.17, 15) is 8.42 Å². The van der Waals surface area contributed by atoms with Gasteiger partial charge in [-0.05, 0) is 35.9 Å². The molecule has 0 fully saturated rings. The maximum atomic E-state index is 11.9. The Morgan fingerprint density at radius 1 is 0.947 bits per heavy atom. The topological polar surface area (TPSA) is 55.7 Å². The fourth-order valence-electron chi connectivity index (χ4n) is 1.34. The fraction of sp³-hybridized carbons (Fsp3) is 0. The Bertz CT molecular complexity index is 670. The molecule has 0 aliphatic carbocycles. The summed E-state index contributed by atoms with van der Waals surface area (Å²) in [6.45, 7) is 0. The lowest BCUT2D eigenvalue weighted by Gasteiger charge is -2.03. The van der Waals surface area contributed by atoms with E-state index in [4.69, 9.17) is 16.3 Å². The van der Waals surface area contributed by atoms with Crippen molar-refractivity contribution in [1.82, 2.24) is 0 Å². The van der Waals surface area contributed by atoms with E-state index in [2.05, 4.69) is 4.40 Å². The monoisotopic (exact) mass is 295 g/mol. The Kier molecular flexibility index (Phi) is 4.19. The van der Waals surface area contributed by atoms with Crippen LogP contribution < -0.4 is 4.74 Å². The predicted octanol–water partition coefficient (Wildman–Crippen LogP) is 3.05. The maximum absolute atomic E-state index is 11.9. The van der Waals surface area contributed by atoms with E-state index in [1.54, 1.807) is 48.5 Å². The van der Waals surface area contributed by atoms with Crippen LogP contribution in [0.1, 0.15) is 0 Å². The molecule has 0 aliphatic heterocycles. The summed E-state index contributed by atoms with van der Waals surface area (Å²) in [5.41, 5.74) is 0. The average Bonchev–Trinajstić information content (AvgIpc) is 2.40. The Morgan fingerprint density at radius 3 is 2.05 bits per heavy atom. The number of hydrogen-bond acceptors (Lipinski definition) is 3. The first kappa shape index (κ1) is 13.6. The normalized spacial score (nSPS) is 12.2. The van der Waals surface area contributed by atoms with Gasteiger partial charge in [-0.25, -0.2) is 0 Å². The highest BCUT2D eigenvalue weighted by Crippen LogP contribution is 2.15. The van der Waals surface area contributed by atoms with Crippen molar-refractivity contribution in [2.24, 2.45) is 4.40 Å². The second-order valence-corrected chi connectivity index (χ2v) is 5.47. The van der Waals surface area contributed by atoms with Crippen molar-refractivity contribution in [3.63, 3.8) is 0 Å². The van der Waals surface area contributed by atoms with Gasteiger partial charge >= 0.3 is 5.36 Å². The largest absolute Gasteiger partial charge is 0.429 e. The van der Waals surface area contributed by atoms with Gasteiger partial charge in [-0.15, -0.1) is 4.40 Å². The van der Waals surface area contributed by atoms with Crippen LogP contribution in [0.5, 0.6) is 5.75 Å². The molecule has 2 aromatic carbocycles. The van der Waals surface area contributed by atoms with Gasteiger partial charge in [-0.3, -0.25) is 0 Å². The van der Waals surface area contributed by atoms with Crippen LogP contribution in [0.25, 0.3) is 0 Å². The van der Waals surface area contributed by atoms with Crippen molar-refractivity contribution < 1.29 is 13.2 Å². The van der Waals surface area contributed by atoms with E-state index in [1.807, 2.05) is 0 Å². The van der Waals surface area contributed by atoms with E-state index in [0.29, 0.717) is 5.75 Å². The van der Waals surface area contributed by atoms with Crippen molar-refractivity contribution in [3.8, 4) is 5.75 Å². The summed E-state index contributed by atoms with van der Waals surface area (Å²) in [6.07, 6.45) is 0. The van der Waals surface area contributed by atoms with Crippen LogP contribution in [-0.4, -0.2) is 13.8 Å². The Morgan fingerprint density at radius 2 is 1.47 bits per heavy atom. The maximum Gasteiger partial charge on any atom is 0.303 e. The number of sulfonamides is 1. The van der Waals surface area contributed by atoms with Gasteiger partial charge in [-0.2, -0.15) is 8.42 Å². The third kappa shape index (κ3) is 3.81. The average molecular weight is 296 g/mol. The lowest BCUT2D eigenvalue weighted by molar-refractivity contribution is 0.561. The zero-order valence-electron chi connectivity index (χ0n) is 9.73. The van der Waals surface area contributed by atoms with Crippen LogP contribution in [0.15, 0.2) is 70.0 Å². The van der Waals surface area contributed by atoms with Crippen LogP contribution >= 0.6 is 11.6 Å². The van der Waals surface area contributed by atoms with Crippen molar-refractivity contribution >= 4 is 27.0 Å². The summed E-state index contributed by atoms with van der Waals surface area (Å²) in [7, 11) is -3.85. The number of halogens is 1. The third-order valence-electron chi connectivity index (χ3n) is 2.18. The first-order valence-corrected chi connectivity index (χ1v) is 7.18.